The van der Waals surface area contributed by atoms with Gasteiger partial charge in [-0.2, -0.15) is 0 Å². The van der Waals surface area contributed by atoms with E-state index in [1.165, 1.54) is 0 Å². The van der Waals surface area contributed by atoms with Gasteiger partial charge in [-0.25, -0.2) is 0 Å². The lowest BCUT2D eigenvalue weighted by Gasteiger charge is -2.11. The Labute approximate surface area is 153 Å². The van der Waals surface area contributed by atoms with Gasteiger partial charge in [0.05, 0.1) is 13.7 Å². The van der Waals surface area contributed by atoms with E-state index in [1.54, 1.807) is 31.4 Å². The molecule has 0 heterocycles. The summed E-state index contributed by atoms with van der Waals surface area (Å²) >= 11 is 6.06. The molecule has 0 saturated heterocycles. The first-order chi connectivity index (χ1) is 12.0. The van der Waals surface area contributed by atoms with Crippen molar-refractivity contribution in [2.45, 2.75) is 13.3 Å². The van der Waals surface area contributed by atoms with Gasteiger partial charge in [-0.1, -0.05) is 23.7 Å². The van der Waals surface area contributed by atoms with E-state index in [2.05, 4.69) is 11.9 Å². The standard InChI is InChI=1S/C20H22ClNO3/c1-4-5-15-12-16(7-9-19(15)24-3)20(23)22-10-11-25-17-8-6-14(2)18(21)13-17/h4,6-9,12-13H,1,5,10-11H2,2-3H3,(H,22,23). The maximum Gasteiger partial charge on any atom is 0.251 e. The second kappa shape index (κ2) is 9.14. The minimum Gasteiger partial charge on any atom is -0.496 e. The highest BCUT2D eigenvalue weighted by molar-refractivity contribution is 6.31. The molecule has 0 aliphatic carbocycles. The van der Waals surface area contributed by atoms with Crippen LogP contribution >= 0.6 is 11.6 Å². The molecule has 5 heteroatoms. The molecular formula is C20H22ClNO3. The molecule has 0 aromatic heterocycles. The number of carbonyl (C=O) groups is 1. The predicted molar refractivity (Wildman–Crippen MR) is 101 cm³/mol. The van der Waals surface area contributed by atoms with Crippen molar-refractivity contribution in [1.82, 2.24) is 5.32 Å². The molecule has 1 amide bonds. The van der Waals surface area contributed by atoms with Crippen molar-refractivity contribution in [3.63, 3.8) is 0 Å². The lowest BCUT2D eigenvalue weighted by molar-refractivity contribution is 0.0947. The largest absolute Gasteiger partial charge is 0.496 e. The van der Waals surface area contributed by atoms with Gasteiger partial charge in [-0.05, 0) is 54.8 Å². The first kappa shape index (κ1) is 18.9. The number of methoxy groups -OCH3 is 1. The Morgan fingerprint density at radius 1 is 1.28 bits per heavy atom. The number of hydrogen-bond donors (Lipinski definition) is 1. The average Bonchev–Trinajstić information content (AvgIpc) is 2.61. The first-order valence-corrected chi connectivity index (χ1v) is 8.38. The maximum absolute atomic E-state index is 12.3. The van der Waals surface area contributed by atoms with Crippen molar-refractivity contribution in [1.29, 1.82) is 0 Å². The summed E-state index contributed by atoms with van der Waals surface area (Å²) in [6, 6.07) is 10.9. The van der Waals surface area contributed by atoms with Crippen LogP contribution in [0.4, 0.5) is 0 Å². The average molecular weight is 360 g/mol. The molecule has 132 valence electrons. The molecule has 0 saturated carbocycles. The summed E-state index contributed by atoms with van der Waals surface area (Å²) in [7, 11) is 1.61. The van der Waals surface area contributed by atoms with Crippen molar-refractivity contribution >= 4 is 17.5 Å². The van der Waals surface area contributed by atoms with Crippen LogP contribution in [-0.2, 0) is 6.42 Å². The molecule has 4 nitrogen and oxygen atoms in total. The van der Waals surface area contributed by atoms with E-state index in [1.807, 2.05) is 25.1 Å². The van der Waals surface area contributed by atoms with Crippen LogP contribution in [0.5, 0.6) is 11.5 Å². The number of ether oxygens (including phenoxy) is 2. The van der Waals surface area contributed by atoms with Crippen LogP contribution in [0.25, 0.3) is 0 Å². The third kappa shape index (κ3) is 5.26. The van der Waals surface area contributed by atoms with Crippen LogP contribution in [0.15, 0.2) is 49.1 Å². The molecule has 0 radical (unpaired) electrons. The van der Waals surface area contributed by atoms with Gasteiger partial charge in [0.2, 0.25) is 0 Å². The van der Waals surface area contributed by atoms with Crippen LogP contribution in [0.1, 0.15) is 21.5 Å². The third-order valence-corrected chi connectivity index (χ3v) is 4.11. The second-order valence-corrected chi connectivity index (χ2v) is 5.94. The zero-order valence-corrected chi connectivity index (χ0v) is 15.2. The Morgan fingerprint density at radius 3 is 2.76 bits per heavy atom. The van der Waals surface area contributed by atoms with Gasteiger partial charge >= 0.3 is 0 Å². The van der Waals surface area contributed by atoms with Crippen LogP contribution in [0.2, 0.25) is 5.02 Å². The summed E-state index contributed by atoms with van der Waals surface area (Å²) in [5.41, 5.74) is 2.50. The van der Waals surface area contributed by atoms with Crippen molar-refractivity contribution in [2.75, 3.05) is 20.3 Å². The number of halogens is 1. The van der Waals surface area contributed by atoms with E-state index in [-0.39, 0.29) is 5.91 Å². The third-order valence-electron chi connectivity index (χ3n) is 3.71. The molecule has 0 spiro atoms. The van der Waals surface area contributed by atoms with Crippen molar-refractivity contribution in [2.24, 2.45) is 0 Å². The molecule has 0 unspecified atom stereocenters. The number of hydrogen-bond acceptors (Lipinski definition) is 3. The summed E-state index contributed by atoms with van der Waals surface area (Å²) in [5, 5.41) is 3.50. The zero-order chi connectivity index (χ0) is 18.2. The van der Waals surface area contributed by atoms with E-state index >= 15 is 0 Å². The van der Waals surface area contributed by atoms with Crippen LogP contribution < -0.4 is 14.8 Å². The highest BCUT2D eigenvalue weighted by Crippen LogP contribution is 2.22. The molecule has 2 rings (SSSR count). The molecule has 0 aliphatic rings. The van der Waals surface area contributed by atoms with Gasteiger partial charge < -0.3 is 14.8 Å². The van der Waals surface area contributed by atoms with Crippen molar-refractivity contribution < 1.29 is 14.3 Å². The predicted octanol–water partition coefficient (Wildman–Crippen LogP) is 4.19. The van der Waals surface area contributed by atoms with E-state index in [9.17, 15) is 4.79 Å². The van der Waals surface area contributed by atoms with E-state index < -0.39 is 0 Å². The lowest BCUT2D eigenvalue weighted by Crippen LogP contribution is -2.28. The summed E-state index contributed by atoms with van der Waals surface area (Å²) < 4.78 is 10.9. The summed E-state index contributed by atoms with van der Waals surface area (Å²) in [4.78, 5) is 12.3. The SMILES string of the molecule is C=CCc1cc(C(=O)NCCOc2ccc(C)c(Cl)c2)ccc1OC. The summed E-state index contributed by atoms with van der Waals surface area (Å²) in [6.45, 7) is 6.42. The minimum atomic E-state index is -0.154. The van der Waals surface area contributed by atoms with Gasteiger partial charge in [-0.3, -0.25) is 4.79 Å². The molecule has 0 aliphatic heterocycles. The van der Waals surface area contributed by atoms with Crippen molar-refractivity contribution in [3.8, 4) is 11.5 Å². The number of carbonyl (C=O) groups excluding carboxylic acids is 1. The normalized spacial score (nSPS) is 10.2. The van der Waals surface area contributed by atoms with Gasteiger partial charge in [0, 0.05) is 10.6 Å². The van der Waals surface area contributed by atoms with Gasteiger partial charge in [0.1, 0.15) is 18.1 Å². The Balaban J connectivity index is 1.88. The monoisotopic (exact) mass is 359 g/mol. The zero-order valence-electron chi connectivity index (χ0n) is 14.5. The topological polar surface area (TPSA) is 47.6 Å². The minimum absolute atomic E-state index is 0.154. The second-order valence-electron chi connectivity index (χ2n) is 5.53. The van der Waals surface area contributed by atoms with Gasteiger partial charge in [0.15, 0.2) is 0 Å². The Hall–Kier alpha value is -2.46. The van der Waals surface area contributed by atoms with E-state index in [4.69, 9.17) is 21.1 Å². The van der Waals surface area contributed by atoms with Gasteiger partial charge in [0.25, 0.3) is 5.91 Å². The van der Waals surface area contributed by atoms with Crippen LogP contribution in [0.3, 0.4) is 0 Å². The molecule has 2 aromatic rings. The molecule has 25 heavy (non-hydrogen) atoms. The number of allylic oxidation sites excluding steroid dienone is 1. The Bertz CT molecular complexity index is 759. The number of nitrogens with one attached hydrogen (secondary N) is 1. The molecule has 0 bridgehead atoms. The smallest absolute Gasteiger partial charge is 0.251 e. The molecule has 0 atom stereocenters. The molecule has 0 fully saturated rings. The highest BCUT2D eigenvalue weighted by Gasteiger charge is 2.09. The fourth-order valence-electron chi connectivity index (χ4n) is 2.33. The number of rotatable bonds is 8. The fraction of sp³-hybridized carbons (Fsp3) is 0.250. The van der Waals surface area contributed by atoms with Crippen LogP contribution in [-0.4, -0.2) is 26.2 Å². The number of aryl methyl sites for hydroxylation is 1. The summed E-state index contributed by atoms with van der Waals surface area (Å²) in [5.74, 6) is 1.28. The van der Waals surface area contributed by atoms with E-state index in [0.717, 1.165) is 16.9 Å². The van der Waals surface area contributed by atoms with Crippen molar-refractivity contribution in [3.05, 3.63) is 70.8 Å². The molecule has 2 aromatic carbocycles. The number of benzene rings is 2. The van der Waals surface area contributed by atoms with Crippen LogP contribution in [0, 0.1) is 6.92 Å². The highest BCUT2D eigenvalue weighted by atomic mass is 35.5. The Kier molecular flexibility index (Phi) is 6.90. The summed E-state index contributed by atoms with van der Waals surface area (Å²) in [6.07, 6.45) is 2.42. The molecule has 1 N–H and O–H groups in total. The quantitative estimate of drug-likeness (QED) is 0.567. The fourth-order valence-corrected chi connectivity index (χ4v) is 2.50. The van der Waals surface area contributed by atoms with E-state index in [0.29, 0.717) is 35.9 Å². The first-order valence-electron chi connectivity index (χ1n) is 8.00. The number of amides is 1. The maximum atomic E-state index is 12.3. The van der Waals surface area contributed by atoms with Gasteiger partial charge in [-0.15, -0.1) is 6.58 Å². The Morgan fingerprint density at radius 2 is 2.08 bits per heavy atom. The molecular weight excluding hydrogens is 338 g/mol. The lowest BCUT2D eigenvalue weighted by atomic mass is 10.1.